The number of hydrogen-bond donors (Lipinski definition) is 3. The Kier molecular flexibility index (Phi) is 4.45. The number of aromatic nitrogens is 1. The van der Waals surface area contributed by atoms with Crippen LogP contribution in [0.1, 0.15) is 17.5 Å². The third-order valence-electron chi connectivity index (χ3n) is 2.43. The molecule has 1 heterocycles. The molecule has 0 fully saturated rings. The van der Waals surface area contributed by atoms with Crippen molar-refractivity contribution in [3.63, 3.8) is 0 Å². The number of carboxylic acid groups (broad SMARTS) is 1. The minimum absolute atomic E-state index is 0.0183. The van der Waals surface area contributed by atoms with Crippen molar-refractivity contribution in [2.45, 2.75) is 19.4 Å². The fourth-order valence-corrected chi connectivity index (χ4v) is 1.59. The van der Waals surface area contributed by atoms with E-state index < -0.39 is 11.5 Å². The van der Waals surface area contributed by atoms with E-state index in [0.717, 1.165) is 4.57 Å². The van der Waals surface area contributed by atoms with E-state index in [2.05, 4.69) is 0 Å². The Balaban J connectivity index is 3.26. The monoisotopic (exact) mass is 251 g/mol. The molecule has 7 nitrogen and oxygen atoms in total. The summed E-state index contributed by atoms with van der Waals surface area (Å²) in [7, 11) is 0. The Labute approximate surface area is 103 Å². The zero-order chi connectivity index (χ0) is 13.7. The normalized spacial score (nSPS) is 10.0. The van der Waals surface area contributed by atoms with Gasteiger partial charge in [-0.05, 0) is 12.0 Å². The van der Waals surface area contributed by atoms with Crippen LogP contribution in [0.3, 0.4) is 0 Å². The molecule has 0 saturated carbocycles. The second-order valence-electron chi connectivity index (χ2n) is 3.65. The van der Waals surface area contributed by atoms with Gasteiger partial charge in [0.25, 0.3) is 5.56 Å². The zero-order valence-electron chi connectivity index (χ0n) is 9.59. The molecule has 0 saturated heterocycles. The highest BCUT2D eigenvalue weighted by Crippen LogP contribution is 2.14. The minimum atomic E-state index is -1.04. The average molecular weight is 251 g/mol. The van der Waals surface area contributed by atoms with Crippen LogP contribution in [0, 0.1) is 11.3 Å². The molecular weight excluding hydrogens is 238 g/mol. The number of hydrogen-bond acceptors (Lipinski definition) is 5. The summed E-state index contributed by atoms with van der Waals surface area (Å²) in [6.45, 7) is 0.241. The van der Waals surface area contributed by atoms with Gasteiger partial charge in [-0.3, -0.25) is 14.2 Å². The lowest BCUT2D eigenvalue weighted by molar-refractivity contribution is -0.136. The van der Waals surface area contributed by atoms with Crippen LogP contribution in [0.2, 0.25) is 0 Å². The van der Waals surface area contributed by atoms with Crippen LogP contribution < -0.4 is 11.3 Å². The zero-order valence-corrected chi connectivity index (χ0v) is 9.59. The maximum atomic E-state index is 11.9. The van der Waals surface area contributed by atoms with Crippen molar-refractivity contribution in [1.29, 1.82) is 5.26 Å². The first-order valence-corrected chi connectivity index (χ1v) is 5.29. The van der Waals surface area contributed by atoms with Crippen LogP contribution in [0.25, 0.3) is 0 Å². The lowest BCUT2D eigenvalue weighted by Crippen LogP contribution is -2.27. The number of pyridine rings is 1. The molecule has 0 aromatic carbocycles. The molecule has 96 valence electrons. The Morgan fingerprint density at radius 2 is 2.22 bits per heavy atom. The summed E-state index contributed by atoms with van der Waals surface area (Å²) in [4.78, 5) is 22.3. The summed E-state index contributed by atoms with van der Waals surface area (Å²) in [6, 6.07) is 2.97. The largest absolute Gasteiger partial charge is 0.494 e. The van der Waals surface area contributed by atoms with Gasteiger partial charge in [-0.2, -0.15) is 5.26 Å². The molecule has 0 aliphatic heterocycles. The number of nitrogens with two attached hydrogens (primary N) is 1. The van der Waals surface area contributed by atoms with Gasteiger partial charge in [-0.25, -0.2) is 0 Å². The SMILES string of the molecule is N#Cc1c(CCC(=O)O)cc(O)n(CCN)c1=O. The van der Waals surface area contributed by atoms with Crippen molar-refractivity contribution in [2.75, 3.05) is 6.54 Å². The average Bonchev–Trinajstić information content (AvgIpc) is 2.31. The van der Waals surface area contributed by atoms with Crippen molar-refractivity contribution < 1.29 is 15.0 Å². The maximum absolute atomic E-state index is 11.9. The van der Waals surface area contributed by atoms with Gasteiger partial charge in [0, 0.05) is 25.6 Å². The van der Waals surface area contributed by atoms with E-state index in [4.69, 9.17) is 16.1 Å². The highest BCUT2D eigenvalue weighted by molar-refractivity contribution is 5.67. The number of aryl methyl sites for hydroxylation is 1. The molecule has 1 aromatic rings. The summed E-state index contributed by atoms with van der Waals surface area (Å²) in [5, 5.41) is 27.1. The second kappa shape index (κ2) is 5.84. The van der Waals surface area contributed by atoms with E-state index in [1.54, 1.807) is 6.07 Å². The van der Waals surface area contributed by atoms with Crippen molar-refractivity contribution >= 4 is 5.97 Å². The van der Waals surface area contributed by atoms with Gasteiger partial charge in [-0.1, -0.05) is 0 Å². The summed E-state index contributed by atoms with van der Waals surface area (Å²) < 4.78 is 0.989. The van der Waals surface area contributed by atoms with Gasteiger partial charge in [0.05, 0.1) is 0 Å². The van der Waals surface area contributed by atoms with Crippen LogP contribution in [-0.2, 0) is 17.8 Å². The Bertz CT molecular complexity index is 557. The Hall–Kier alpha value is -2.33. The van der Waals surface area contributed by atoms with Gasteiger partial charge >= 0.3 is 5.97 Å². The third kappa shape index (κ3) is 2.87. The number of carbonyl (C=O) groups is 1. The molecular formula is C11H13N3O4. The van der Waals surface area contributed by atoms with Crippen molar-refractivity contribution in [1.82, 2.24) is 4.57 Å². The van der Waals surface area contributed by atoms with E-state index in [-0.39, 0.29) is 42.9 Å². The van der Waals surface area contributed by atoms with Crippen LogP contribution in [-0.4, -0.2) is 27.3 Å². The molecule has 4 N–H and O–H groups in total. The lowest BCUT2D eigenvalue weighted by atomic mass is 10.1. The molecule has 7 heteroatoms. The lowest BCUT2D eigenvalue weighted by Gasteiger charge is -2.10. The fraction of sp³-hybridized carbons (Fsp3) is 0.364. The molecule has 0 bridgehead atoms. The second-order valence-corrected chi connectivity index (χ2v) is 3.65. The molecule has 0 aliphatic rings. The van der Waals surface area contributed by atoms with Gasteiger partial charge in [0.2, 0.25) is 0 Å². The first-order valence-electron chi connectivity index (χ1n) is 5.29. The molecule has 0 unspecified atom stereocenters. The fourth-order valence-electron chi connectivity index (χ4n) is 1.59. The number of rotatable bonds is 5. The third-order valence-corrected chi connectivity index (χ3v) is 2.43. The number of aliphatic carboxylic acids is 1. The molecule has 0 amide bonds. The van der Waals surface area contributed by atoms with Gasteiger partial charge in [-0.15, -0.1) is 0 Å². The molecule has 18 heavy (non-hydrogen) atoms. The van der Waals surface area contributed by atoms with Gasteiger partial charge in [0.15, 0.2) is 5.88 Å². The predicted molar refractivity (Wildman–Crippen MR) is 62.1 cm³/mol. The first kappa shape index (κ1) is 13.7. The van der Waals surface area contributed by atoms with Crippen molar-refractivity contribution in [2.24, 2.45) is 5.73 Å². The Morgan fingerprint density at radius 3 is 2.72 bits per heavy atom. The summed E-state index contributed by atoms with van der Waals surface area (Å²) in [5.74, 6) is -1.35. The van der Waals surface area contributed by atoms with E-state index in [9.17, 15) is 14.7 Å². The van der Waals surface area contributed by atoms with Crippen LogP contribution in [0.4, 0.5) is 0 Å². The molecule has 0 radical (unpaired) electrons. The van der Waals surface area contributed by atoms with E-state index in [1.165, 1.54) is 6.07 Å². The first-order chi connectivity index (χ1) is 8.51. The number of aromatic hydroxyl groups is 1. The summed E-state index contributed by atoms with van der Waals surface area (Å²) in [5.41, 5.74) is 4.73. The van der Waals surface area contributed by atoms with Crippen LogP contribution >= 0.6 is 0 Å². The highest BCUT2D eigenvalue weighted by atomic mass is 16.4. The number of nitrogens with zero attached hydrogens (tertiary/aromatic N) is 2. The number of nitriles is 1. The molecule has 0 aliphatic carbocycles. The highest BCUT2D eigenvalue weighted by Gasteiger charge is 2.14. The summed E-state index contributed by atoms with van der Waals surface area (Å²) in [6.07, 6.45) is -0.195. The van der Waals surface area contributed by atoms with E-state index in [0.29, 0.717) is 0 Å². The van der Waals surface area contributed by atoms with E-state index >= 15 is 0 Å². The quantitative estimate of drug-likeness (QED) is 0.640. The molecule has 0 spiro atoms. The topological polar surface area (TPSA) is 129 Å². The van der Waals surface area contributed by atoms with Crippen LogP contribution in [0.15, 0.2) is 10.9 Å². The molecule has 1 aromatic heterocycles. The minimum Gasteiger partial charge on any atom is -0.494 e. The maximum Gasteiger partial charge on any atom is 0.303 e. The predicted octanol–water partition coefficient (Wildman–Crippen LogP) is -0.599. The molecule has 1 rings (SSSR count). The molecule has 0 atom stereocenters. The van der Waals surface area contributed by atoms with Crippen LogP contribution in [0.5, 0.6) is 5.88 Å². The smallest absolute Gasteiger partial charge is 0.303 e. The van der Waals surface area contributed by atoms with Gasteiger partial charge < -0.3 is 15.9 Å². The van der Waals surface area contributed by atoms with Crippen molar-refractivity contribution in [3.8, 4) is 11.9 Å². The number of carboxylic acids is 1. The Morgan fingerprint density at radius 1 is 1.56 bits per heavy atom. The van der Waals surface area contributed by atoms with E-state index in [1.807, 2.05) is 0 Å². The summed E-state index contributed by atoms with van der Waals surface area (Å²) >= 11 is 0. The van der Waals surface area contributed by atoms with Gasteiger partial charge in [0.1, 0.15) is 11.6 Å². The van der Waals surface area contributed by atoms with Crippen molar-refractivity contribution in [3.05, 3.63) is 27.5 Å². The standard InChI is InChI=1S/C11H13N3O4/c12-3-4-14-9(15)5-7(1-2-10(16)17)8(6-13)11(14)18/h5,15H,1-4,12H2,(H,16,17).